The minimum absolute atomic E-state index is 0.00368. The molecular weight excluding hydrogens is 999 g/mol. The van der Waals surface area contributed by atoms with Gasteiger partial charge in [-0.1, -0.05) is 142 Å². The van der Waals surface area contributed by atoms with Gasteiger partial charge in [-0.05, 0) is 77.0 Å². The van der Waals surface area contributed by atoms with Crippen LogP contribution in [0.1, 0.15) is 239 Å². The summed E-state index contributed by atoms with van der Waals surface area (Å²) in [5.41, 5.74) is 1.84. The number of carboxylic acids is 1. The van der Waals surface area contributed by atoms with Gasteiger partial charge in [0.05, 0.1) is 26.4 Å². The first kappa shape index (κ1) is 70.2. The molecule has 0 aromatic rings. The summed E-state index contributed by atoms with van der Waals surface area (Å²) in [6.45, 7) is 8.80. The first-order chi connectivity index (χ1) is 38.0. The molecule has 4 atom stereocenters. The molecule has 0 radical (unpaired) electrons. The van der Waals surface area contributed by atoms with Gasteiger partial charge in [0.15, 0.2) is 0 Å². The molecule has 78 heavy (non-hydrogen) atoms. The molecule has 0 bridgehead atoms. The molecule has 0 aromatic heterocycles. The van der Waals surface area contributed by atoms with Crippen molar-refractivity contribution in [1.29, 1.82) is 0 Å². The highest BCUT2D eigenvalue weighted by Gasteiger charge is 2.36. The monoisotopic (exact) mass is 1110 g/mol. The second kappa shape index (κ2) is 47.9. The van der Waals surface area contributed by atoms with Gasteiger partial charge >= 0.3 is 5.97 Å². The van der Waals surface area contributed by atoms with E-state index in [1.165, 1.54) is 103 Å². The largest absolute Gasteiger partial charge is 0.481 e. The zero-order chi connectivity index (χ0) is 56.7. The standard InChI is InChI=1S/C59H109N7O12/c1-3-5-7-9-11-13-15-17-19-21-23-34-53(67)65-41-27-32-51(65)58(73)62-38-26-25-31-49(63-59(74)52-33-28-42-66(52)54(68)35-24-22-20-18-16-14-12-10-8-6-4-2)56(71)60-39-29-43-76-45-47-78-48-46-77-44-30-40-61-57(72)50(64-75)36-37-55(69)70/h49-52,64,75H,3-48H2,1-2H3,(H,60,71)(H,61,72)(H,62,73)(H,63,74)(H,69,70). The lowest BCUT2D eigenvalue weighted by molar-refractivity contribution is -0.139. The van der Waals surface area contributed by atoms with Gasteiger partial charge in [0.1, 0.15) is 24.2 Å². The van der Waals surface area contributed by atoms with Crippen molar-refractivity contribution in [2.75, 3.05) is 72.4 Å². The van der Waals surface area contributed by atoms with Crippen molar-refractivity contribution >= 4 is 41.4 Å². The fourth-order valence-electron chi connectivity index (χ4n) is 10.3. The molecule has 2 aliphatic rings. The minimum atomic E-state index is -1.05. The summed E-state index contributed by atoms with van der Waals surface area (Å²) in [6.07, 6.45) is 32.5. The van der Waals surface area contributed by atoms with Crippen molar-refractivity contribution in [2.45, 2.75) is 263 Å². The number of unbranched alkanes of at least 4 members (excludes halogenated alkanes) is 21. The second-order valence-corrected chi connectivity index (χ2v) is 21.6. The number of amides is 6. The molecule has 0 aromatic carbocycles. The highest BCUT2D eigenvalue weighted by atomic mass is 16.5. The van der Waals surface area contributed by atoms with E-state index in [0.717, 1.165) is 51.4 Å². The lowest BCUT2D eigenvalue weighted by atomic mass is 10.0. The fourth-order valence-corrected chi connectivity index (χ4v) is 10.3. The van der Waals surface area contributed by atoms with Crippen LogP contribution in [0.2, 0.25) is 0 Å². The number of carbonyl (C=O) groups is 7. The predicted octanol–water partition coefficient (Wildman–Crippen LogP) is 8.42. The van der Waals surface area contributed by atoms with Crippen molar-refractivity contribution in [1.82, 2.24) is 36.5 Å². The third kappa shape index (κ3) is 34.3. The maximum atomic E-state index is 13.9. The van der Waals surface area contributed by atoms with Crippen molar-refractivity contribution < 1.29 is 58.1 Å². The quantitative estimate of drug-likeness (QED) is 0.0223. The number of nitrogens with one attached hydrogen (secondary N) is 5. The number of carboxylic acid groups (broad SMARTS) is 1. The van der Waals surface area contributed by atoms with Gasteiger partial charge in [0, 0.05) is 65.2 Å². The molecule has 2 heterocycles. The molecule has 2 fully saturated rings. The predicted molar refractivity (Wildman–Crippen MR) is 304 cm³/mol. The Kier molecular flexibility index (Phi) is 43.1. The summed E-state index contributed by atoms with van der Waals surface area (Å²) in [7, 11) is 0. The Hall–Kier alpha value is -3.91. The van der Waals surface area contributed by atoms with Gasteiger partial charge in [-0.25, -0.2) is 0 Å². The van der Waals surface area contributed by atoms with Gasteiger partial charge in [0.25, 0.3) is 0 Å². The molecule has 7 N–H and O–H groups in total. The van der Waals surface area contributed by atoms with Gasteiger partial charge in [-0.3, -0.25) is 33.6 Å². The Balaban J connectivity index is 1.76. The first-order valence-corrected chi connectivity index (χ1v) is 31.1. The third-order valence-electron chi connectivity index (χ3n) is 15.0. The summed E-state index contributed by atoms with van der Waals surface area (Å²) in [6, 6.07) is -2.89. The summed E-state index contributed by atoms with van der Waals surface area (Å²) >= 11 is 0. The maximum Gasteiger partial charge on any atom is 0.303 e. The number of hydroxylamine groups is 1. The lowest BCUT2D eigenvalue weighted by Crippen LogP contribution is -2.53. The van der Waals surface area contributed by atoms with Crippen LogP contribution in [0.3, 0.4) is 0 Å². The van der Waals surface area contributed by atoms with Crippen molar-refractivity contribution in [3.63, 3.8) is 0 Å². The fraction of sp³-hybridized carbons (Fsp3) is 0.881. The van der Waals surface area contributed by atoms with Crippen LogP contribution in [0.4, 0.5) is 0 Å². The van der Waals surface area contributed by atoms with Gasteiger partial charge in [-0.15, -0.1) is 0 Å². The number of rotatable bonds is 52. The molecule has 2 rings (SSSR count). The Labute approximate surface area is 469 Å². The van der Waals surface area contributed by atoms with E-state index in [1.807, 2.05) is 5.48 Å². The van der Waals surface area contributed by atoms with Crippen LogP contribution in [0.5, 0.6) is 0 Å². The molecular formula is C59H109N7O12. The number of ether oxygens (including phenoxy) is 3. The molecule has 2 aliphatic heterocycles. The van der Waals surface area contributed by atoms with Crippen LogP contribution in [0.25, 0.3) is 0 Å². The van der Waals surface area contributed by atoms with Crippen molar-refractivity contribution in [3.05, 3.63) is 0 Å². The average Bonchev–Trinajstić information content (AvgIpc) is 4.14. The van der Waals surface area contributed by atoms with E-state index < -0.39 is 36.0 Å². The van der Waals surface area contributed by atoms with Crippen molar-refractivity contribution in [2.24, 2.45) is 0 Å². The van der Waals surface area contributed by atoms with E-state index >= 15 is 0 Å². The number of hydrogen-bond acceptors (Lipinski definition) is 12. The van der Waals surface area contributed by atoms with Crippen LogP contribution < -0.4 is 26.7 Å². The zero-order valence-corrected chi connectivity index (χ0v) is 48.7. The van der Waals surface area contributed by atoms with Crippen LogP contribution in [0, 0.1) is 0 Å². The Morgan fingerprint density at radius 1 is 0.449 bits per heavy atom. The molecule has 0 spiro atoms. The molecule has 19 nitrogen and oxygen atoms in total. The Morgan fingerprint density at radius 3 is 1.28 bits per heavy atom. The number of aliphatic carboxylic acids is 1. The first-order valence-electron chi connectivity index (χ1n) is 31.1. The van der Waals surface area contributed by atoms with Gasteiger partial charge in [-0.2, -0.15) is 5.48 Å². The van der Waals surface area contributed by atoms with E-state index in [1.54, 1.807) is 9.80 Å². The van der Waals surface area contributed by atoms with E-state index in [2.05, 4.69) is 35.1 Å². The maximum absolute atomic E-state index is 13.9. The molecule has 452 valence electrons. The lowest BCUT2D eigenvalue weighted by Gasteiger charge is -2.26. The third-order valence-corrected chi connectivity index (χ3v) is 15.0. The minimum Gasteiger partial charge on any atom is -0.481 e. The summed E-state index contributed by atoms with van der Waals surface area (Å²) in [4.78, 5) is 93.7. The molecule has 4 unspecified atom stereocenters. The highest BCUT2D eigenvalue weighted by molar-refractivity contribution is 5.92. The molecule has 19 heteroatoms. The van der Waals surface area contributed by atoms with Gasteiger partial charge < -0.3 is 55.6 Å². The number of carbonyl (C=O) groups excluding carboxylic acids is 6. The van der Waals surface area contributed by atoms with Crippen LogP contribution in [-0.4, -0.2) is 158 Å². The summed E-state index contributed by atoms with van der Waals surface area (Å²) < 4.78 is 16.8. The average molecular weight is 1110 g/mol. The van der Waals surface area contributed by atoms with Crippen LogP contribution in [-0.2, 0) is 47.8 Å². The second-order valence-electron chi connectivity index (χ2n) is 21.6. The number of nitrogens with zero attached hydrogens (tertiary/aromatic N) is 2. The van der Waals surface area contributed by atoms with E-state index in [4.69, 9.17) is 24.5 Å². The molecule has 0 saturated carbocycles. The SMILES string of the molecule is CCCCCCCCCCCCCC(=O)N1CCCC1C(=O)NCCCCC(NC(=O)C1CCCN1C(=O)CCCCCCCCCCCCC)C(=O)NCCCOCCOCCOCCCNC(=O)C(CCC(=O)O)NO. The smallest absolute Gasteiger partial charge is 0.303 e. The molecule has 2 saturated heterocycles. The molecule has 0 aliphatic carbocycles. The van der Waals surface area contributed by atoms with Crippen LogP contribution in [0.15, 0.2) is 0 Å². The normalized spacial score (nSPS) is 16.0. The van der Waals surface area contributed by atoms with Crippen LogP contribution >= 0.6 is 0 Å². The topological polar surface area (TPSA) is 254 Å². The van der Waals surface area contributed by atoms with E-state index in [9.17, 15) is 33.6 Å². The van der Waals surface area contributed by atoms with E-state index in [0.29, 0.717) is 130 Å². The van der Waals surface area contributed by atoms with E-state index in [-0.39, 0.29) is 42.4 Å². The molecule has 6 amide bonds. The zero-order valence-electron chi connectivity index (χ0n) is 48.7. The summed E-state index contributed by atoms with van der Waals surface area (Å²) in [5, 5.41) is 29.5. The Bertz CT molecular complexity index is 1610. The number of likely N-dealkylation sites (tertiary alicyclic amines) is 2. The summed E-state index contributed by atoms with van der Waals surface area (Å²) in [5.74, 6) is -2.24. The number of hydrogen-bond donors (Lipinski definition) is 7. The van der Waals surface area contributed by atoms with Gasteiger partial charge in [0.2, 0.25) is 35.4 Å². The van der Waals surface area contributed by atoms with Crippen molar-refractivity contribution in [3.8, 4) is 0 Å². The Morgan fingerprint density at radius 2 is 0.846 bits per heavy atom. The highest BCUT2D eigenvalue weighted by Crippen LogP contribution is 2.22.